The predicted octanol–water partition coefficient (Wildman–Crippen LogP) is 4.88. The number of anilines is 3. The first kappa shape index (κ1) is 19.4. The van der Waals surface area contributed by atoms with Gasteiger partial charge in [-0.15, -0.1) is 0 Å². The van der Waals surface area contributed by atoms with Crippen LogP contribution in [0.4, 0.5) is 17.3 Å². The molecule has 0 fully saturated rings. The van der Waals surface area contributed by atoms with Crippen LogP contribution < -0.4 is 15.4 Å². The maximum atomic E-state index is 12.6. The van der Waals surface area contributed by atoms with Crippen molar-refractivity contribution in [2.75, 3.05) is 10.6 Å². The highest BCUT2D eigenvalue weighted by Crippen LogP contribution is 2.20. The predicted molar refractivity (Wildman–Crippen MR) is 111 cm³/mol. The summed E-state index contributed by atoms with van der Waals surface area (Å²) in [6.45, 7) is 7.74. The normalized spacial score (nSPS) is 10.6. The molecule has 0 saturated carbocycles. The number of carbonyl (C=O) groups is 1. The summed E-state index contributed by atoms with van der Waals surface area (Å²) >= 11 is 0. The highest BCUT2D eigenvalue weighted by atomic mass is 16.5. The Hall–Kier alpha value is -3.41. The SMILES string of the molecule is Cc1cc(C(=O)Nc2ccccc2C)nc(Nc2ccc(OC(C)C)cc2)n1. The van der Waals surface area contributed by atoms with Crippen LogP contribution in [0.3, 0.4) is 0 Å². The van der Waals surface area contributed by atoms with Gasteiger partial charge in [0.15, 0.2) is 0 Å². The van der Waals surface area contributed by atoms with Crippen LogP contribution in [0, 0.1) is 13.8 Å². The first-order valence-electron chi connectivity index (χ1n) is 9.17. The van der Waals surface area contributed by atoms with E-state index in [0.717, 1.165) is 22.7 Å². The standard InChI is InChI=1S/C22H24N4O2/c1-14(2)28-18-11-9-17(10-12-18)24-22-23-16(4)13-20(26-22)21(27)25-19-8-6-5-7-15(19)3/h5-14H,1-4H3,(H,25,27)(H,23,24,26). The van der Waals surface area contributed by atoms with E-state index in [1.807, 2.05) is 76.2 Å². The summed E-state index contributed by atoms with van der Waals surface area (Å²) in [5.41, 5.74) is 3.57. The number of hydrogen-bond donors (Lipinski definition) is 2. The lowest BCUT2D eigenvalue weighted by Gasteiger charge is -2.12. The monoisotopic (exact) mass is 376 g/mol. The van der Waals surface area contributed by atoms with Gasteiger partial charge in [-0.2, -0.15) is 0 Å². The molecule has 144 valence electrons. The summed E-state index contributed by atoms with van der Waals surface area (Å²) in [4.78, 5) is 21.4. The summed E-state index contributed by atoms with van der Waals surface area (Å²) in [5, 5.41) is 6.03. The van der Waals surface area contributed by atoms with E-state index in [9.17, 15) is 4.79 Å². The average molecular weight is 376 g/mol. The lowest BCUT2D eigenvalue weighted by Crippen LogP contribution is -2.16. The van der Waals surface area contributed by atoms with Gasteiger partial charge in [0.1, 0.15) is 11.4 Å². The van der Waals surface area contributed by atoms with Gasteiger partial charge in [0, 0.05) is 17.1 Å². The third-order valence-electron chi connectivity index (χ3n) is 3.96. The number of para-hydroxylation sites is 1. The van der Waals surface area contributed by atoms with Crippen molar-refractivity contribution in [3.05, 3.63) is 71.5 Å². The van der Waals surface area contributed by atoms with E-state index in [1.165, 1.54) is 0 Å². The number of nitrogens with one attached hydrogen (secondary N) is 2. The number of hydrogen-bond acceptors (Lipinski definition) is 5. The Morgan fingerprint density at radius 1 is 1.00 bits per heavy atom. The molecule has 0 spiro atoms. The molecule has 0 aliphatic heterocycles. The van der Waals surface area contributed by atoms with Gasteiger partial charge in [-0.1, -0.05) is 18.2 Å². The number of ether oxygens (including phenoxy) is 1. The Kier molecular flexibility index (Phi) is 5.89. The molecule has 1 amide bonds. The molecule has 0 bridgehead atoms. The summed E-state index contributed by atoms with van der Waals surface area (Å²) in [6.07, 6.45) is 0.119. The highest BCUT2D eigenvalue weighted by Gasteiger charge is 2.12. The van der Waals surface area contributed by atoms with Crippen LogP contribution in [0.25, 0.3) is 0 Å². The summed E-state index contributed by atoms with van der Waals surface area (Å²) in [5.74, 6) is 0.889. The highest BCUT2D eigenvalue weighted by molar-refractivity contribution is 6.03. The lowest BCUT2D eigenvalue weighted by molar-refractivity contribution is 0.102. The van der Waals surface area contributed by atoms with Crippen LogP contribution in [-0.2, 0) is 0 Å². The molecule has 0 unspecified atom stereocenters. The van der Waals surface area contributed by atoms with E-state index >= 15 is 0 Å². The second-order valence-electron chi connectivity index (χ2n) is 6.80. The molecule has 0 radical (unpaired) electrons. The molecule has 6 heteroatoms. The first-order valence-corrected chi connectivity index (χ1v) is 9.17. The zero-order valence-corrected chi connectivity index (χ0v) is 16.5. The molecule has 0 saturated heterocycles. The molecule has 6 nitrogen and oxygen atoms in total. The number of aryl methyl sites for hydroxylation is 2. The number of nitrogens with zero attached hydrogens (tertiary/aromatic N) is 2. The Morgan fingerprint density at radius 2 is 1.71 bits per heavy atom. The molecule has 2 N–H and O–H groups in total. The van der Waals surface area contributed by atoms with Crippen LogP contribution in [0.1, 0.15) is 35.6 Å². The zero-order chi connectivity index (χ0) is 20.1. The van der Waals surface area contributed by atoms with E-state index in [1.54, 1.807) is 6.07 Å². The Balaban J connectivity index is 1.76. The van der Waals surface area contributed by atoms with Gasteiger partial charge in [-0.25, -0.2) is 9.97 Å². The van der Waals surface area contributed by atoms with E-state index in [-0.39, 0.29) is 12.0 Å². The van der Waals surface area contributed by atoms with Gasteiger partial charge >= 0.3 is 0 Å². The molecule has 28 heavy (non-hydrogen) atoms. The third kappa shape index (κ3) is 5.07. The molecule has 0 aliphatic carbocycles. The molecular formula is C22H24N4O2. The number of amides is 1. The number of aromatic nitrogens is 2. The zero-order valence-electron chi connectivity index (χ0n) is 16.5. The van der Waals surface area contributed by atoms with Crippen molar-refractivity contribution in [3.63, 3.8) is 0 Å². The molecule has 1 heterocycles. The lowest BCUT2D eigenvalue weighted by atomic mass is 10.2. The van der Waals surface area contributed by atoms with Crippen molar-refractivity contribution in [2.24, 2.45) is 0 Å². The molecule has 3 aromatic rings. The van der Waals surface area contributed by atoms with Crippen LogP contribution in [0.2, 0.25) is 0 Å². The topological polar surface area (TPSA) is 76.1 Å². The average Bonchev–Trinajstić information content (AvgIpc) is 2.64. The number of carbonyl (C=O) groups excluding carboxylic acids is 1. The van der Waals surface area contributed by atoms with E-state index < -0.39 is 0 Å². The van der Waals surface area contributed by atoms with Gasteiger partial charge < -0.3 is 15.4 Å². The van der Waals surface area contributed by atoms with Crippen molar-refractivity contribution in [3.8, 4) is 5.75 Å². The molecule has 0 aliphatic rings. The fraction of sp³-hybridized carbons (Fsp3) is 0.227. The second kappa shape index (κ2) is 8.52. The number of rotatable bonds is 6. The first-order chi connectivity index (χ1) is 13.4. The van der Waals surface area contributed by atoms with Gasteiger partial charge in [-0.3, -0.25) is 4.79 Å². The van der Waals surface area contributed by atoms with Crippen molar-refractivity contribution < 1.29 is 9.53 Å². The minimum Gasteiger partial charge on any atom is -0.491 e. The molecular weight excluding hydrogens is 352 g/mol. The minimum atomic E-state index is -0.275. The van der Waals surface area contributed by atoms with Crippen LogP contribution >= 0.6 is 0 Å². The quantitative estimate of drug-likeness (QED) is 0.641. The van der Waals surface area contributed by atoms with Crippen molar-refractivity contribution in [2.45, 2.75) is 33.8 Å². The van der Waals surface area contributed by atoms with Crippen molar-refractivity contribution in [1.82, 2.24) is 9.97 Å². The Labute approximate surface area is 165 Å². The maximum absolute atomic E-state index is 12.6. The molecule has 0 atom stereocenters. The maximum Gasteiger partial charge on any atom is 0.274 e. The Morgan fingerprint density at radius 3 is 2.39 bits per heavy atom. The molecule has 1 aromatic heterocycles. The minimum absolute atomic E-state index is 0.119. The van der Waals surface area contributed by atoms with Crippen molar-refractivity contribution >= 4 is 23.2 Å². The summed E-state index contributed by atoms with van der Waals surface area (Å²) in [7, 11) is 0. The smallest absolute Gasteiger partial charge is 0.274 e. The summed E-state index contributed by atoms with van der Waals surface area (Å²) in [6, 6.07) is 16.8. The van der Waals surface area contributed by atoms with E-state index in [4.69, 9.17) is 4.74 Å². The second-order valence-corrected chi connectivity index (χ2v) is 6.80. The molecule has 2 aromatic carbocycles. The van der Waals surface area contributed by atoms with Crippen LogP contribution in [-0.4, -0.2) is 22.0 Å². The van der Waals surface area contributed by atoms with Gasteiger partial charge in [-0.05, 0) is 69.7 Å². The third-order valence-corrected chi connectivity index (χ3v) is 3.96. The fourth-order valence-electron chi connectivity index (χ4n) is 2.66. The molecule has 3 rings (SSSR count). The fourth-order valence-corrected chi connectivity index (χ4v) is 2.66. The Bertz CT molecular complexity index is 969. The van der Waals surface area contributed by atoms with E-state index in [2.05, 4.69) is 20.6 Å². The van der Waals surface area contributed by atoms with Gasteiger partial charge in [0.2, 0.25) is 5.95 Å². The van der Waals surface area contributed by atoms with Gasteiger partial charge in [0.05, 0.1) is 6.10 Å². The largest absolute Gasteiger partial charge is 0.491 e. The number of benzene rings is 2. The van der Waals surface area contributed by atoms with Crippen molar-refractivity contribution in [1.29, 1.82) is 0 Å². The van der Waals surface area contributed by atoms with E-state index in [0.29, 0.717) is 17.3 Å². The summed E-state index contributed by atoms with van der Waals surface area (Å²) < 4.78 is 5.64. The van der Waals surface area contributed by atoms with Gasteiger partial charge in [0.25, 0.3) is 5.91 Å². The van der Waals surface area contributed by atoms with Crippen LogP contribution in [0.15, 0.2) is 54.6 Å². The van der Waals surface area contributed by atoms with Crippen LogP contribution in [0.5, 0.6) is 5.75 Å².